The third-order valence-electron chi connectivity index (χ3n) is 5.99. The Hall–Kier alpha value is -3.26. The van der Waals surface area contributed by atoms with E-state index in [0.29, 0.717) is 35.3 Å². The average Bonchev–Trinajstić information content (AvgIpc) is 3.32. The molecule has 0 aliphatic heterocycles. The Bertz CT molecular complexity index is 1380. The molecule has 1 aromatic heterocycles. The van der Waals surface area contributed by atoms with Gasteiger partial charge in [-0.25, -0.2) is 18.0 Å². The third kappa shape index (κ3) is 5.93. The molecule has 190 valence electrons. The number of sulfonamides is 1. The topological polar surface area (TPSA) is 102 Å². The molecular weight excluding hydrogens is 478 g/mol. The highest BCUT2D eigenvalue weighted by Gasteiger charge is 2.27. The Morgan fingerprint density at radius 1 is 1.28 bits per heavy atom. The van der Waals surface area contributed by atoms with Crippen LogP contribution < -0.4 is 9.46 Å². The number of aromatic nitrogens is 2. The van der Waals surface area contributed by atoms with Crippen molar-refractivity contribution in [3.8, 4) is 28.6 Å². The van der Waals surface area contributed by atoms with Crippen molar-refractivity contribution in [3.63, 3.8) is 0 Å². The molecule has 10 heteroatoms. The largest absolute Gasteiger partial charge is 0.502 e. The summed E-state index contributed by atoms with van der Waals surface area (Å²) < 4.78 is 39.5. The first kappa shape index (κ1) is 25.8. The molecule has 1 aliphatic carbocycles. The van der Waals surface area contributed by atoms with Crippen molar-refractivity contribution in [3.05, 3.63) is 58.9 Å². The fourth-order valence-corrected chi connectivity index (χ4v) is 5.70. The molecule has 1 aliphatic rings. The Morgan fingerprint density at radius 2 is 2.08 bits per heavy atom. The minimum absolute atomic E-state index is 0.0445. The van der Waals surface area contributed by atoms with Gasteiger partial charge in [0.2, 0.25) is 21.5 Å². The summed E-state index contributed by atoms with van der Waals surface area (Å²) in [5.74, 6) is 1.30. The molecule has 0 fully saturated rings. The van der Waals surface area contributed by atoms with Crippen LogP contribution >= 0.6 is 0 Å². The van der Waals surface area contributed by atoms with Crippen molar-refractivity contribution in [2.75, 3.05) is 26.4 Å². The second-order valence-electron chi connectivity index (χ2n) is 9.44. The molecule has 0 spiro atoms. The monoisotopic (exact) mass is 509 g/mol. The summed E-state index contributed by atoms with van der Waals surface area (Å²) in [5.41, 5.74) is 3.81. The summed E-state index contributed by atoms with van der Waals surface area (Å²) in [6.07, 6.45) is 2.34. The molecule has 0 radical (unpaired) electrons. The van der Waals surface area contributed by atoms with Crippen LogP contribution in [-0.2, 0) is 16.4 Å². The lowest BCUT2D eigenvalue weighted by atomic mass is 9.85. The Morgan fingerprint density at radius 3 is 2.81 bits per heavy atom. The average molecular weight is 510 g/mol. The van der Waals surface area contributed by atoms with Crippen LogP contribution in [0.2, 0.25) is 0 Å². The van der Waals surface area contributed by atoms with Gasteiger partial charge in [-0.15, -0.1) is 0 Å². The summed E-state index contributed by atoms with van der Waals surface area (Å²) in [6.45, 7) is 11.8. The van der Waals surface area contributed by atoms with Crippen molar-refractivity contribution in [2.24, 2.45) is 0 Å². The second kappa shape index (κ2) is 10.8. The number of hydrogen-bond acceptors (Lipinski definition) is 7. The Kier molecular flexibility index (Phi) is 7.73. The Labute approximate surface area is 212 Å². The zero-order valence-corrected chi connectivity index (χ0v) is 21.8. The molecule has 0 saturated heterocycles. The maximum absolute atomic E-state index is 12.7. The zero-order valence-electron chi connectivity index (χ0n) is 21.0. The molecule has 1 N–H and O–H groups in total. The van der Waals surface area contributed by atoms with Crippen molar-refractivity contribution < 1.29 is 17.7 Å². The van der Waals surface area contributed by atoms with E-state index < -0.39 is 10.0 Å². The van der Waals surface area contributed by atoms with Gasteiger partial charge < -0.3 is 14.2 Å². The van der Waals surface area contributed by atoms with E-state index in [1.807, 2.05) is 51.0 Å². The van der Waals surface area contributed by atoms with Crippen LogP contribution in [0.15, 0.2) is 40.9 Å². The van der Waals surface area contributed by atoms with Gasteiger partial charge in [0.25, 0.3) is 5.89 Å². The first-order chi connectivity index (χ1) is 17.2. The SMILES string of the molecule is [C-]#[N+]c1cc(-c2nc(-c3cccc4c3CCC[C@H]4NS(=O)(=O)CCN(C)C)no2)ccc1OC(C)C. The lowest BCUT2D eigenvalue weighted by Gasteiger charge is -2.27. The molecule has 0 bridgehead atoms. The number of nitrogens with zero attached hydrogens (tertiary/aromatic N) is 4. The van der Waals surface area contributed by atoms with E-state index in [2.05, 4.69) is 19.7 Å². The van der Waals surface area contributed by atoms with Gasteiger partial charge in [-0.05, 0) is 76.5 Å². The number of ether oxygens (including phenoxy) is 1. The summed E-state index contributed by atoms with van der Waals surface area (Å²) in [4.78, 5) is 10.0. The molecule has 2 aromatic carbocycles. The number of nitrogens with one attached hydrogen (secondary N) is 1. The van der Waals surface area contributed by atoms with E-state index in [4.69, 9.17) is 15.8 Å². The van der Waals surface area contributed by atoms with Gasteiger partial charge >= 0.3 is 0 Å². The molecule has 9 nitrogen and oxygen atoms in total. The van der Waals surface area contributed by atoms with Gasteiger partial charge in [-0.1, -0.05) is 23.4 Å². The normalized spacial score (nSPS) is 15.6. The number of fused-ring (bicyclic) bond motifs is 1. The molecule has 0 unspecified atom stereocenters. The quantitative estimate of drug-likeness (QED) is 0.421. The standard InChI is InChI=1S/C26H31N5O4S/c1-17(2)34-24-13-12-18(16-23(24)27-3)26-28-25(29-35-26)21-10-6-9-20-19(21)8-7-11-22(20)30-36(32,33)15-14-31(4)5/h6,9-10,12-13,16-17,22,30H,7-8,11,14-15H2,1-2,4-5H3/t22-/m1/s1. The van der Waals surface area contributed by atoms with Gasteiger partial charge in [0, 0.05) is 23.7 Å². The first-order valence-corrected chi connectivity index (χ1v) is 13.6. The van der Waals surface area contributed by atoms with Crippen molar-refractivity contribution >= 4 is 15.7 Å². The number of hydrogen-bond donors (Lipinski definition) is 1. The molecule has 4 rings (SSSR count). The summed E-state index contributed by atoms with van der Waals surface area (Å²) >= 11 is 0. The summed E-state index contributed by atoms with van der Waals surface area (Å²) in [5, 5.41) is 4.21. The van der Waals surface area contributed by atoms with Gasteiger partial charge in [-0.3, -0.25) is 0 Å². The number of rotatable bonds is 9. The summed E-state index contributed by atoms with van der Waals surface area (Å²) in [6, 6.07) is 10.7. The zero-order chi connectivity index (χ0) is 25.9. The van der Waals surface area contributed by atoms with E-state index in [1.165, 1.54) is 0 Å². The second-order valence-corrected chi connectivity index (χ2v) is 11.3. The summed E-state index contributed by atoms with van der Waals surface area (Å²) in [7, 11) is 0.286. The van der Waals surface area contributed by atoms with Crippen molar-refractivity contribution in [1.29, 1.82) is 0 Å². The maximum atomic E-state index is 12.7. The van der Waals surface area contributed by atoms with Gasteiger partial charge in [0.05, 0.1) is 18.4 Å². The fraction of sp³-hybridized carbons (Fsp3) is 0.423. The van der Waals surface area contributed by atoms with E-state index in [0.717, 1.165) is 36.0 Å². The van der Waals surface area contributed by atoms with Gasteiger partial charge in [-0.2, -0.15) is 4.98 Å². The van der Waals surface area contributed by atoms with Gasteiger partial charge in [0.1, 0.15) is 5.75 Å². The van der Waals surface area contributed by atoms with E-state index >= 15 is 0 Å². The molecule has 0 amide bonds. The highest BCUT2D eigenvalue weighted by molar-refractivity contribution is 7.89. The van der Waals surface area contributed by atoms with Crippen molar-refractivity contribution in [2.45, 2.75) is 45.3 Å². The van der Waals surface area contributed by atoms with E-state index in [-0.39, 0.29) is 17.9 Å². The minimum Gasteiger partial charge on any atom is -0.502 e. The predicted molar refractivity (Wildman–Crippen MR) is 138 cm³/mol. The van der Waals surface area contributed by atoms with Gasteiger partial charge in [0.15, 0.2) is 0 Å². The molecule has 36 heavy (non-hydrogen) atoms. The highest BCUT2D eigenvalue weighted by Crippen LogP contribution is 2.37. The van der Waals surface area contributed by atoms with Crippen LogP contribution in [-0.4, -0.2) is 56.0 Å². The molecule has 1 atom stereocenters. The van der Waals surface area contributed by atoms with Crippen LogP contribution in [0.5, 0.6) is 5.75 Å². The van der Waals surface area contributed by atoms with Crippen LogP contribution in [0.3, 0.4) is 0 Å². The first-order valence-electron chi connectivity index (χ1n) is 12.0. The fourth-order valence-electron chi connectivity index (χ4n) is 4.30. The number of benzene rings is 2. The van der Waals surface area contributed by atoms with E-state index in [9.17, 15) is 8.42 Å². The minimum atomic E-state index is -3.42. The molecule has 3 aromatic rings. The van der Waals surface area contributed by atoms with Crippen LogP contribution in [0.25, 0.3) is 27.7 Å². The Balaban J connectivity index is 1.61. The predicted octanol–water partition coefficient (Wildman–Crippen LogP) is 4.60. The van der Waals surface area contributed by atoms with Crippen molar-refractivity contribution in [1.82, 2.24) is 19.8 Å². The highest BCUT2D eigenvalue weighted by atomic mass is 32.2. The van der Waals surface area contributed by atoms with Crippen LogP contribution in [0, 0.1) is 6.57 Å². The van der Waals surface area contributed by atoms with E-state index in [1.54, 1.807) is 18.2 Å². The smallest absolute Gasteiger partial charge is 0.256 e. The molecule has 0 saturated carbocycles. The lowest BCUT2D eigenvalue weighted by Crippen LogP contribution is -2.35. The molecular formula is C26H31N5O4S. The maximum Gasteiger partial charge on any atom is 0.256 e. The van der Waals surface area contributed by atoms with Crippen LogP contribution in [0.4, 0.5) is 5.69 Å². The van der Waals surface area contributed by atoms with Crippen LogP contribution in [0.1, 0.15) is 43.9 Å². The third-order valence-corrected chi connectivity index (χ3v) is 7.36. The lowest BCUT2D eigenvalue weighted by molar-refractivity contribution is 0.244. The molecule has 1 heterocycles.